The summed E-state index contributed by atoms with van der Waals surface area (Å²) in [4.78, 5) is 24.2. The zero-order chi connectivity index (χ0) is 13.8. The molecule has 0 spiro atoms. The fourth-order valence-corrected chi connectivity index (χ4v) is 2.21. The van der Waals surface area contributed by atoms with Crippen LogP contribution in [0.4, 0.5) is 0 Å². The van der Waals surface area contributed by atoms with Crippen LogP contribution >= 0.6 is 0 Å². The van der Waals surface area contributed by atoms with Crippen LogP contribution in [0.15, 0.2) is 24.3 Å². The van der Waals surface area contributed by atoms with Crippen molar-refractivity contribution >= 4 is 11.8 Å². The molecule has 19 heavy (non-hydrogen) atoms. The van der Waals surface area contributed by atoms with Crippen LogP contribution in [-0.2, 0) is 16.0 Å². The average Bonchev–Trinajstić information content (AvgIpc) is 2.43. The molecule has 1 aliphatic heterocycles. The predicted molar refractivity (Wildman–Crippen MR) is 74.8 cm³/mol. The maximum absolute atomic E-state index is 11.7. The summed E-state index contributed by atoms with van der Waals surface area (Å²) in [6, 6.07) is 8.46. The van der Waals surface area contributed by atoms with Crippen LogP contribution in [0.2, 0.25) is 0 Å². The van der Waals surface area contributed by atoms with E-state index in [1.807, 2.05) is 0 Å². The molecule has 3 heteroatoms. The number of amides is 2. The van der Waals surface area contributed by atoms with Crippen LogP contribution in [0.3, 0.4) is 0 Å². The molecule has 0 aromatic heterocycles. The average molecular weight is 259 g/mol. The Kier molecular flexibility index (Phi) is 4.35. The number of aryl methyl sites for hydroxylation is 1. The summed E-state index contributed by atoms with van der Waals surface area (Å²) in [5, 5.41) is 0. The molecule has 0 bridgehead atoms. The summed E-state index contributed by atoms with van der Waals surface area (Å²) in [5.41, 5.74) is 2.50. The number of nitrogens with zero attached hydrogens (tertiary/aromatic N) is 1. The van der Waals surface area contributed by atoms with Gasteiger partial charge < -0.3 is 0 Å². The predicted octanol–water partition coefficient (Wildman–Crippen LogP) is 2.89. The molecule has 0 radical (unpaired) electrons. The molecule has 1 aliphatic rings. The number of carbonyl (C=O) groups is 2. The lowest BCUT2D eigenvalue weighted by Crippen LogP contribution is -2.47. The lowest BCUT2D eigenvalue weighted by Gasteiger charge is -2.28. The third-order valence-electron chi connectivity index (χ3n) is 3.94. The molecule has 1 unspecified atom stereocenters. The Bertz CT molecular complexity index is 464. The molecule has 1 fully saturated rings. The van der Waals surface area contributed by atoms with Gasteiger partial charge in [0.2, 0.25) is 11.8 Å². The molecule has 1 heterocycles. The van der Waals surface area contributed by atoms with Crippen molar-refractivity contribution in [3.05, 3.63) is 35.4 Å². The van der Waals surface area contributed by atoms with E-state index in [2.05, 4.69) is 38.1 Å². The summed E-state index contributed by atoms with van der Waals surface area (Å²) >= 11 is 0. The topological polar surface area (TPSA) is 37.4 Å². The Labute approximate surface area is 114 Å². The van der Waals surface area contributed by atoms with E-state index < -0.39 is 0 Å². The highest BCUT2D eigenvalue weighted by Gasteiger charge is 2.29. The van der Waals surface area contributed by atoms with E-state index in [4.69, 9.17) is 0 Å². The first-order chi connectivity index (χ1) is 9.11. The zero-order valence-corrected chi connectivity index (χ0v) is 11.7. The van der Waals surface area contributed by atoms with Gasteiger partial charge in [-0.25, -0.2) is 0 Å². The molecule has 3 nitrogen and oxygen atoms in total. The van der Waals surface area contributed by atoms with Crippen molar-refractivity contribution in [2.24, 2.45) is 0 Å². The maximum Gasteiger partial charge on any atom is 0.230 e. The number of likely N-dealkylation sites (tertiary alicyclic amines) is 1. The molecular formula is C16H21NO2. The van der Waals surface area contributed by atoms with Crippen LogP contribution < -0.4 is 0 Å². The molecule has 0 N–H and O–H groups in total. The lowest BCUT2D eigenvalue weighted by molar-refractivity contribution is -0.152. The van der Waals surface area contributed by atoms with Crippen molar-refractivity contribution < 1.29 is 9.59 Å². The van der Waals surface area contributed by atoms with E-state index in [0.29, 0.717) is 31.7 Å². The van der Waals surface area contributed by atoms with E-state index in [-0.39, 0.29) is 11.8 Å². The maximum atomic E-state index is 11.7. The largest absolute Gasteiger partial charge is 0.282 e. The van der Waals surface area contributed by atoms with Gasteiger partial charge in [0, 0.05) is 19.4 Å². The number of hydrogen-bond donors (Lipinski definition) is 0. The van der Waals surface area contributed by atoms with Crippen LogP contribution in [0.1, 0.15) is 50.2 Å². The zero-order valence-electron chi connectivity index (χ0n) is 11.7. The number of β-lactam (4-membered cyclic amide) rings is 1. The Morgan fingerprint density at radius 2 is 2.00 bits per heavy atom. The van der Waals surface area contributed by atoms with Gasteiger partial charge in [0.1, 0.15) is 0 Å². The monoisotopic (exact) mass is 259 g/mol. The van der Waals surface area contributed by atoms with Crippen molar-refractivity contribution in [2.45, 2.75) is 45.4 Å². The number of imide groups is 1. The molecule has 102 valence electrons. The highest BCUT2D eigenvalue weighted by atomic mass is 16.2. The van der Waals surface area contributed by atoms with E-state index in [1.54, 1.807) is 0 Å². The van der Waals surface area contributed by atoms with Gasteiger partial charge in [-0.3, -0.25) is 14.5 Å². The highest BCUT2D eigenvalue weighted by Crippen LogP contribution is 2.19. The number of hydrogen-bond acceptors (Lipinski definition) is 2. The van der Waals surface area contributed by atoms with Gasteiger partial charge in [-0.1, -0.05) is 38.1 Å². The highest BCUT2D eigenvalue weighted by molar-refractivity contribution is 5.99. The Morgan fingerprint density at radius 3 is 2.47 bits per heavy atom. The second-order valence-electron chi connectivity index (χ2n) is 5.24. The van der Waals surface area contributed by atoms with Gasteiger partial charge in [-0.05, 0) is 29.9 Å². The number of benzene rings is 1. The van der Waals surface area contributed by atoms with Crippen molar-refractivity contribution in [2.75, 3.05) is 6.54 Å². The normalized spacial score (nSPS) is 16.1. The Balaban J connectivity index is 1.86. The first kappa shape index (κ1) is 13.8. The van der Waals surface area contributed by atoms with Crippen LogP contribution in [-0.4, -0.2) is 23.3 Å². The first-order valence-electron chi connectivity index (χ1n) is 7.04. The third-order valence-corrected chi connectivity index (χ3v) is 3.94. The molecule has 1 atom stereocenters. The SMILES string of the molecule is CCC(C)c1ccc(CCC(=O)N2CCC2=O)cc1. The minimum absolute atomic E-state index is 0.0304. The standard InChI is InChI=1S/C16H21NO2/c1-3-12(2)14-7-4-13(5-8-14)6-9-15(18)17-11-10-16(17)19/h4-5,7-8,12H,3,6,9-11H2,1-2H3. The summed E-state index contributed by atoms with van der Waals surface area (Å²) in [6.45, 7) is 5.00. The van der Waals surface area contributed by atoms with Crippen LogP contribution in [0.5, 0.6) is 0 Å². The minimum Gasteiger partial charge on any atom is -0.282 e. The number of rotatable bonds is 5. The Hall–Kier alpha value is -1.64. The Morgan fingerprint density at radius 1 is 1.32 bits per heavy atom. The van der Waals surface area contributed by atoms with Gasteiger partial charge in [0.15, 0.2) is 0 Å². The van der Waals surface area contributed by atoms with Gasteiger partial charge >= 0.3 is 0 Å². The molecule has 1 aromatic carbocycles. The van der Waals surface area contributed by atoms with Gasteiger partial charge in [0.25, 0.3) is 0 Å². The van der Waals surface area contributed by atoms with Gasteiger partial charge in [-0.15, -0.1) is 0 Å². The van der Waals surface area contributed by atoms with Crippen molar-refractivity contribution in [3.63, 3.8) is 0 Å². The molecule has 2 amide bonds. The molecule has 0 aliphatic carbocycles. The summed E-state index contributed by atoms with van der Waals surface area (Å²) in [6.07, 6.45) is 2.79. The molecule has 2 rings (SSSR count). The van der Waals surface area contributed by atoms with Gasteiger partial charge in [-0.2, -0.15) is 0 Å². The molecule has 1 saturated heterocycles. The molecule has 0 saturated carbocycles. The van der Waals surface area contributed by atoms with Crippen molar-refractivity contribution in [1.29, 1.82) is 0 Å². The minimum atomic E-state index is -0.0396. The van der Waals surface area contributed by atoms with E-state index in [0.717, 1.165) is 12.0 Å². The molecular weight excluding hydrogens is 238 g/mol. The van der Waals surface area contributed by atoms with Gasteiger partial charge in [0.05, 0.1) is 0 Å². The van der Waals surface area contributed by atoms with E-state index >= 15 is 0 Å². The summed E-state index contributed by atoms with van der Waals surface area (Å²) < 4.78 is 0. The second kappa shape index (κ2) is 6.00. The summed E-state index contributed by atoms with van der Waals surface area (Å²) in [5.74, 6) is 0.508. The first-order valence-corrected chi connectivity index (χ1v) is 7.04. The fourth-order valence-electron chi connectivity index (χ4n) is 2.21. The quantitative estimate of drug-likeness (QED) is 0.762. The smallest absolute Gasteiger partial charge is 0.230 e. The number of carbonyl (C=O) groups excluding carboxylic acids is 2. The van der Waals surface area contributed by atoms with Crippen molar-refractivity contribution in [1.82, 2.24) is 4.90 Å². The third kappa shape index (κ3) is 3.22. The van der Waals surface area contributed by atoms with Crippen LogP contribution in [0.25, 0.3) is 0 Å². The summed E-state index contributed by atoms with van der Waals surface area (Å²) in [7, 11) is 0. The molecule has 1 aromatic rings. The van der Waals surface area contributed by atoms with Crippen molar-refractivity contribution in [3.8, 4) is 0 Å². The second-order valence-corrected chi connectivity index (χ2v) is 5.24. The van der Waals surface area contributed by atoms with Crippen LogP contribution in [0, 0.1) is 0 Å². The van der Waals surface area contributed by atoms with E-state index in [9.17, 15) is 9.59 Å². The fraction of sp³-hybridized carbons (Fsp3) is 0.500. The lowest BCUT2D eigenvalue weighted by atomic mass is 9.96. The van der Waals surface area contributed by atoms with E-state index in [1.165, 1.54) is 10.5 Å².